The normalized spacial score (nSPS) is 11.1. The fourth-order valence-electron chi connectivity index (χ4n) is 2.60. The van der Waals surface area contributed by atoms with Gasteiger partial charge in [-0.05, 0) is 42.7 Å². The van der Waals surface area contributed by atoms with Gasteiger partial charge in [-0.15, -0.1) is 11.6 Å². The maximum Gasteiger partial charge on any atom is 0.111 e. The minimum Gasteiger partial charge on any atom is -0.328 e. The van der Waals surface area contributed by atoms with E-state index in [2.05, 4.69) is 40.7 Å². The van der Waals surface area contributed by atoms with Gasteiger partial charge in [0.25, 0.3) is 0 Å². The molecule has 0 bridgehead atoms. The topological polar surface area (TPSA) is 30.7 Å². The summed E-state index contributed by atoms with van der Waals surface area (Å²) in [7, 11) is 0. The van der Waals surface area contributed by atoms with Crippen LogP contribution >= 0.6 is 11.6 Å². The summed E-state index contributed by atoms with van der Waals surface area (Å²) in [5.74, 6) is 1.66. The van der Waals surface area contributed by atoms with Crippen LogP contribution in [0.25, 0.3) is 11.0 Å². The Labute approximate surface area is 129 Å². The summed E-state index contributed by atoms with van der Waals surface area (Å²) in [6.45, 7) is 2.99. The van der Waals surface area contributed by atoms with Crippen molar-refractivity contribution in [3.05, 3.63) is 59.7 Å². The Balaban J connectivity index is 1.93. The Morgan fingerprint density at radius 3 is 2.86 bits per heavy atom. The van der Waals surface area contributed by atoms with Crippen LogP contribution in [0.2, 0.25) is 0 Å². The lowest BCUT2D eigenvalue weighted by Crippen LogP contribution is -2.07. The van der Waals surface area contributed by atoms with Crippen molar-refractivity contribution in [1.29, 1.82) is 0 Å². The van der Waals surface area contributed by atoms with Crippen LogP contribution in [-0.4, -0.2) is 20.4 Å². The molecule has 0 fully saturated rings. The molecule has 0 radical (unpaired) electrons. The Morgan fingerprint density at radius 2 is 2.10 bits per heavy atom. The van der Waals surface area contributed by atoms with Crippen molar-refractivity contribution in [2.24, 2.45) is 0 Å². The SMILES string of the molecule is Cc1ccc2c(c1)nc(CCCl)n2CCc1cccnc1. The van der Waals surface area contributed by atoms with E-state index in [0.29, 0.717) is 5.88 Å². The number of benzene rings is 1. The average molecular weight is 300 g/mol. The molecule has 108 valence electrons. The first-order valence-electron chi connectivity index (χ1n) is 7.18. The summed E-state index contributed by atoms with van der Waals surface area (Å²) in [6.07, 6.45) is 5.47. The number of imidazole rings is 1. The predicted molar refractivity (Wildman–Crippen MR) is 86.8 cm³/mol. The molecular formula is C17H18ClN3. The second-order valence-electron chi connectivity index (χ2n) is 5.22. The zero-order valence-corrected chi connectivity index (χ0v) is 12.8. The molecule has 1 aromatic carbocycles. The van der Waals surface area contributed by atoms with Gasteiger partial charge in [-0.2, -0.15) is 0 Å². The third kappa shape index (κ3) is 3.08. The van der Waals surface area contributed by atoms with E-state index in [0.717, 1.165) is 30.7 Å². The molecule has 0 atom stereocenters. The number of aryl methyl sites for hydroxylation is 4. The van der Waals surface area contributed by atoms with Crippen LogP contribution in [0, 0.1) is 6.92 Å². The standard InChI is InChI=1S/C17H18ClN3/c1-13-4-5-16-15(11-13)20-17(6-8-18)21(16)10-7-14-3-2-9-19-12-14/h2-5,9,11-12H,6-8,10H2,1H3. The van der Waals surface area contributed by atoms with Crippen molar-refractivity contribution >= 4 is 22.6 Å². The second kappa shape index (κ2) is 6.27. The highest BCUT2D eigenvalue weighted by Crippen LogP contribution is 2.19. The Hall–Kier alpha value is -1.87. The van der Waals surface area contributed by atoms with E-state index in [-0.39, 0.29) is 0 Å². The number of pyridine rings is 1. The third-order valence-electron chi connectivity index (χ3n) is 3.65. The second-order valence-corrected chi connectivity index (χ2v) is 5.60. The summed E-state index contributed by atoms with van der Waals surface area (Å²) in [5, 5.41) is 0. The molecule has 2 heterocycles. The zero-order valence-electron chi connectivity index (χ0n) is 12.1. The average Bonchev–Trinajstić information content (AvgIpc) is 2.83. The monoisotopic (exact) mass is 299 g/mol. The van der Waals surface area contributed by atoms with Gasteiger partial charge in [0, 0.05) is 31.2 Å². The molecule has 3 rings (SSSR count). The number of halogens is 1. The van der Waals surface area contributed by atoms with E-state index in [1.54, 1.807) is 6.20 Å². The smallest absolute Gasteiger partial charge is 0.111 e. The van der Waals surface area contributed by atoms with Gasteiger partial charge >= 0.3 is 0 Å². The summed E-state index contributed by atoms with van der Waals surface area (Å²) in [6, 6.07) is 10.5. The minimum absolute atomic E-state index is 0.592. The zero-order chi connectivity index (χ0) is 14.7. The highest BCUT2D eigenvalue weighted by atomic mass is 35.5. The van der Waals surface area contributed by atoms with Gasteiger partial charge in [-0.3, -0.25) is 4.98 Å². The number of rotatable bonds is 5. The molecule has 0 saturated carbocycles. The van der Waals surface area contributed by atoms with Crippen LogP contribution in [0.1, 0.15) is 17.0 Å². The molecule has 4 heteroatoms. The van der Waals surface area contributed by atoms with Crippen LogP contribution in [0.15, 0.2) is 42.7 Å². The molecule has 3 nitrogen and oxygen atoms in total. The van der Waals surface area contributed by atoms with Gasteiger partial charge in [0.05, 0.1) is 11.0 Å². The highest BCUT2D eigenvalue weighted by molar-refractivity contribution is 6.17. The minimum atomic E-state index is 0.592. The van der Waals surface area contributed by atoms with E-state index in [1.165, 1.54) is 16.6 Å². The fourth-order valence-corrected chi connectivity index (χ4v) is 2.77. The Bertz CT molecular complexity index is 734. The number of alkyl halides is 1. The molecule has 0 aliphatic carbocycles. The molecule has 0 aliphatic heterocycles. The predicted octanol–water partition coefficient (Wildman–Crippen LogP) is 3.76. The van der Waals surface area contributed by atoms with E-state index >= 15 is 0 Å². The lowest BCUT2D eigenvalue weighted by molar-refractivity contribution is 0.674. The molecular weight excluding hydrogens is 282 g/mol. The fraction of sp³-hybridized carbons (Fsp3) is 0.294. The number of hydrogen-bond donors (Lipinski definition) is 0. The first-order valence-corrected chi connectivity index (χ1v) is 7.72. The summed E-state index contributed by atoms with van der Waals surface area (Å²) >= 11 is 5.92. The summed E-state index contributed by atoms with van der Waals surface area (Å²) < 4.78 is 2.28. The van der Waals surface area contributed by atoms with Gasteiger partial charge in [0.2, 0.25) is 0 Å². The maximum atomic E-state index is 5.92. The molecule has 0 unspecified atom stereocenters. The van der Waals surface area contributed by atoms with Crippen LogP contribution in [0.5, 0.6) is 0 Å². The van der Waals surface area contributed by atoms with Crippen molar-refractivity contribution in [2.75, 3.05) is 5.88 Å². The molecule has 0 N–H and O–H groups in total. The quantitative estimate of drug-likeness (QED) is 0.672. The van der Waals surface area contributed by atoms with E-state index in [4.69, 9.17) is 16.6 Å². The van der Waals surface area contributed by atoms with Crippen molar-refractivity contribution in [1.82, 2.24) is 14.5 Å². The molecule has 3 aromatic rings. The van der Waals surface area contributed by atoms with E-state index in [1.807, 2.05) is 12.3 Å². The van der Waals surface area contributed by atoms with Crippen molar-refractivity contribution < 1.29 is 0 Å². The summed E-state index contributed by atoms with van der Waals surface area (Å²) in [4.78, 5) is 8.91. The first kappa shape index (κ1) is 14.1. The highest BCUT2D eigenvalue weighted by Gasteiger charge is 2.10. The largest absolute Gasteiger partial charge is 0.328 e. The van der Waals surface area contributed by atoms with Crippen LogP contribution in [0.4, 0.5) is 0 Å². The first-order chi connectivity index (χ1) is 10.3. The lowest BCUT2D eigenvalue weighted by atomic mass is 10.2. The third-order valence-corrected chi connectivity index (χ3v) is 3.84. The molecule has 0 saturated heterocycles. The van der Waals surface area contributed by atoms with E-state index < -0.39 is 0 Å². The van der Waals surface area contributed by atoms with Crippen LogP contribution < -0.4 is 0 Å². The van der Waals surface area contributed by atoms with Crippen molar-refractivity contribution in [3.63, 3.8) is 0 Å². The number of aromatic nitrogens is 3. The Kier molecular flexibility index (Phi) is 4.20. The van der Waals surface area contributed by atoms with Crippen molar-refractivity contribution in [3.8, 4) is 0 Å². The molecule has 2 aromatic heterocycles. The van der Waals surface area contributed by atoms with Gasteiger partial charge in [0.15, 0.2) is 0 Å². The lowest BCUT2D eigenvalue weighted by Gasteiger charge is -2.08. The number of hydrogen-bond acceptors (Lipinski definition) is 2. The van der Waals surface area contributed by atoms with Crippen molar-refractivity contribution in [2.45, 2.75) is 26.3 Å². The number of fused-ring (bicyclic) bond motifs is 1. The van der Waals surface area contributed by atoms with Gasteiger partial charge in [-0.1, -0.05) is 12.1 Å². The van der Waals surface area contributed by atoms with Gasteiger partial charge in [0.1, 0.15) is 5.82 Å². The molecule has 0 spiro atoms. The summed E-state index contributed by atoms with van der Waals surface area (Å²) in [5.41, 5.74) is 4.71. The van der Waals surface area contributed by atoms with Gasteiger partial charge in [-0.25, -0.2) is 4.98 Å². The molecule has 21 heavy (non-hydrogen) atoms. The van der Waals surface area contributed by atoms with E-state index in [9.17, 15) is 0 Å². The Morgan fingerprint density at radius 1 is 1.19 bits per heavy atom. The maximum absolute atomic E-state index is 5.92. The van der Waals surface area contributed by atoms with Crippen LogP contribution in [0.3, 0.4) is 0 Å². The number of nitrogens with zero attached hydrogens (tertiary/aromatic N) is 3. The van der Waals surface area contributed by atoms with Gasteiger partial charge < -0.3 is 4.57 Å². The molecule has 0 aliphatic rings. The molecule has 0 amide bonds. The van der Waals surface area contributed by atoms with Crippen LogP contribution in [-0.2, 0) is 19.4 Å².